The van der Waals surface area contributed by atoms with E-state index < -0.39 is 0 Å². The molecule has 0 aromatic heterocycles. The molecule has 16 heavy (non-hydrogen) atoms. The predicted octanol–water partition coefficient (Wildman–Crippen LogP) is 1.09. The quantitative estimate of drug-likeness (QED) is 0.699. The number of urea groups is 1. The Morgan fingerprint density at radius 1 is 1.38 bits per heavy atom. The monoisotopic (exact) mass is 223 g/mol. The molecule has 6 heteroatoms. The number of nitrogens with two attached hydrogens (primary N) is 1. The maximum atomic E-state index is 11.5. The van der Waals surface area contributed by atoms with Crippen LogP contribution >= 0.6 is 0 Å². The molecule has 1 aliphatic heterocycles. The number of nitrogens with one attached hydrogen (secondary N) is 1. The van der Waals surface area contributed by atoms with Crippen LogP contribution in [0.1, 0.15) is 0 Å². The molecule has 6 nitrogen and oxygen atoms in total. The molecule has 0 aliphatic carbocycles. The fourth-order valence-corrected chi connectivity index (χ4v) is 1.29. The summed E-state index contributed by atoms with van der Waals surface area (Å²) in [6.45, 7) is 0.180. The van der Waals surface area contributed by atoms with Crippen molar-refractivity contribution < 1.29 is 14.3 Å². The van der Waals surface area contributed by atoms with Crippen molar-refractivity contribution in [2.75, 3.05) is 31.9 Å². The lowest BCUT2D eigenvalue weighted by molar-refractivity contribution is 0.174. The predicted molar refractivity (Wildman–Crippen MR) is 59.7 cm³/mol. The van der Waals surface area contributed by atoms with E-state index in [4.69, 9.17) is 15.2 Å². The average Bonchev–Trinajstić information content (AvgIpc) is 2.65. The van der Waals surface area contributed by atoms with E-state index in [9.17, 15) is 4.79 Å². The molecule has 1 aromatic rings. The highest BCUT2D eigenvalue weighted by Gasteiger charge is 2.17. The topological polar surface area (TPSA) is 76.8 Å². The molecule has 1 heterocycles. The molecule has 0 saturated heterocycles. The lowest BCUT2D eigenvalue weighted by Crippen LogP contribution is -2.27. The molecule has 86 valence electrons. The van der Waals surface area contributed by atoms with Gasteiger partial charge in [-0.1, -0.05) is 0 Å². The number of benzene rings is 1. The fraction of sp³-hybridized carbons (Fsp3) is 0.300. The molecule has 0 spiro atoms. The first-order chi connectivity index (χ1) is 7.58. The van der Waals surface area contributed by atoms with Crippen molar-refractivity contribution in [2.45, 2.75) is 0 Å². The van der Waals surface area contributed by atoms with Crippen molar-refractivity contribution in [2.24, 2.45) is 0 Å². The highest BCUT2D eigenvalue weighted by atomic mass is 16.7. The molecule has 0 atom stereocenters. The minimum absolute atomic E-state index is 0.180. The Balaban J connectivity index is 2.25. The standard InChI is InChI=1S/C10H13N3O3/c1-13(2)10(14)12-7-4-9-8(3-6(7)11)15-5-16-9/h3-4H,5,11H2,1-2H3,(H,12,14). The number of rotatable bonds is 1. The van der Waals surface area contributed by atoms with Gasteiger partial charge < -0.3 is 25.4 Å². The zero-order chi connectivity index (χ0) is 11.7. The first-order valence-electron chi connectivity index (χ1n) is 4.75. The van der Waals surface area contributed by atoms with E-state index in [-0.39, 0.29) is 12.8 Å². The van der Waals surface area contributed by atoms with Gasteiger partial charge in [-0.15, -0.1) is 0 Å². The van der Waals surface area contributed by atoms with Crippen molar-refractivity contribution in [3.63, 3.8) is 0 Å². The maximum absolute atomic E-state index is 11.5. The van der Waals surface area contributed by atoms with Gasteiger partial charge in [0.05, 0.1) is 11.4 Å². The molecule has 3 N–H and O–H groups in total. The van der Waals surface area contributed by atoms with E-state index in [0.29, 0.717) is 22.9 Å². The van der Waals surface area contributed by atoms with Crippen LogP contribution < -0.4 is 20.5 Å². The Morgan fingerprint density at radius 3 is 2.62 bits per heavy atom. The first kappa shape index (κ1) is 10.4. The fourth-order valence-electron chi connectivity index (χ4n) is 1.29. The van der Waals surface area contributed by atoms with Crippen LogP contribution in [0.5, 0.6) is 11.5 Å². The number of carbonyl (C=O) groups is 1. The molecule has 0 saturated carbocycles. The van der Waals surface area contributed by atoms with Crippen LogP contribution in [-0.2, 0) is 0 Å². The Hall–Kier alpha value is -2.11. The first-order valence-corrected chi connectivity index (χ1v) is 4.75. The van der Waals surface area contributed by atoms with E-state index in [0.717, 1.165) is 0 Å². The van der Waals surface area contributed by atoms with E-state index in [1.165, 1.54) is 4.90 Å². The van der Waals surface area contributed by atoms with Crippen LogP contribution in [0.3, 0.4) is 0 Å². The van der Waals surface area contributed by atoms with Crippen LogP contribution in [-0.4, -0.2) is 31.8 Å². The molecule has 1 aromatic carbocycles. The van der Waals surface area contributed by atoms with E-state index in [1.807, 2.05) is 0 Å². The Bertz CT molecular complexity index is 432. The van der Waals surface area contributed by atoms with Crippen molar-refractivity contribution in [3.05, 3.63) is 12.1 Å². The van der Waals surface area contributed by atoms with Gasteiger partial charge in [0, 0.05) is 26.2 Å². The molecule has 1 aliphatic rings. The largest absolute Gasteiger partial charge is 0.454 e. The summed E-state index contributed by atoms with van der Waals surface area (Å²) in [5.41, 5.74) is 6.73. The summed E-state index contributed by atoms with van der Waals surface area (Å²) in [4.78, 5) is 12.9. The van der Waals surface area contributed by atoms with Crippen molar-refractivity contribution in [3.8, 4) is 11.5 Å². The summed E-state index contributed by atoms with van der Waals surface area (Å²) >= 11 is 0. The Morgan fingerprint density at radius 2 is 2.00 bits per heavy atom. The summed E-state index contributed by atoms with van der Waals surface area (Å²) in [5, 5.41) is 2.67. The van der Waals surface area contributed by atoms with Crippen LogP contribution in [0, 0.1) is 0 Å². The lowest BCUT2D eigenvalue weighted by atomic mass is 10.2. The second kappa shape index (κ2) is 3.80. The molecule has 0 bridgehead atoms. The third kappa shape index (κ3) is 1.81. The number of anilines is 2. The maximum Gasteiger partial charge on any atom is 0.321 e. The normalized spacial score (nSPS) is 12.4. The number of nitrogens with zero attached hydrogens (tertiary/aromatic N) is 1. The Labute approximate surface area is 92.9 Å². The number of fused-ring (bicyclic) bond motifs is 1. The van der Waals surface area contributed by atoms with Crippen LogP contribution in [0.25, 0.3) is 0 Å². The number of hydrogen-bond donors (Lipinski definition) is 2. The molecule has 0 fully saturated rings. The third-order valence-electron chi connectivity index (χ3n) is 2.19. The van der Waals surface area contributed by atoms with Gasteiger partial charge in [0.2, 0.25) is 6.79 Å². The van der Waals surface area contributed by atoms with Gasteiger partial charge in [-0.05, 0) is 0 Å². The SMILES string of the molecule is CN(C)C(=O)Nc1cc2c(cc1N)OCO2. The minimum atomic E-state index is -0.245. The van der Waals surface area contributed by atoms with Gasteiger partial charge in [0.15, 0.2) is 11.5 Å². The average molecular weight is 223 g/mol. The van der Waals surface area contributed by atoms with Crippen molar-refractivity contribution in [1.29, 1.82) is 0 Å². The third-order valence-corrected chi connectivity index (χ3v) is 2.19. The zero-order valence-corrected chi connectivity index (χ0v) is 9.11. The second-order valence-corrected chi connectivity index (χ2v) is 3.62. The van der Waals surface area contributed by atoms with Gasteiger partial charge >= 0.3 is 6.03 Å². The lowest BCUT2D eigenvalue weighted by Gasteiger charge is -2.13. The van der Waals surface area contributed by atoms with Crippen LogP contribution in [0.15, 0.2) is 12.1 Å². The number of ether oxygens (including phenoxy) is 2. The zero-order valence-electron chi connectivity index (χ0n) is 9.11. The number of carbonyl (C=O) groups excluding carboxylic acids is 1. The molecule has 2 amide bonds. The van der Waals surface area contributed by atoms with Gasteiger partial charge in [-0.2, -0.15) is 0 Å². The summed E-state index contributed by atoms with van der Waals surface area (Å²) in [5.74, 6) is 1.18. The molecule has 0 unspecified atom stereocenters. The highest BCUT2D eigenvalue weighted by Crippen LogP contribution is 2.38. The molecule has 2 rings (SSSR count). The molecule has 0 radical (unpaired) electrons. The molecular formula is C10H13N3O3. The summed E-state index contributed by atoms with van der Waals surface area (Å²) < 4.78 is 10.4. The van der Waals surface area contributed by atoms with Crippen molar-refractivity contribution in [1.82, 2.24) is 4.90 Å². The number of nitrogen functional groups attached to an aromatic ring is 1. The summed E-state index contributed by atoms with van der Waals surface area (Å²) in [6.07, 6.45) is 0. The smallest absolute Gasteiger partial charge is 0.321 e. The minimum Gasteiger partial charge on any atom is -0.454 e. The highest BCUT2D eigenvalue weighted by molar-refractivity contribution is 5.93. The van der Waals surface area contributed by atoms with E-state index in [1.54, 1.807) is 26.2 Å². The Kier molecular flexibility index (Phi) is 2.47. The van der Waals surface area contributed by atoms with Gasteiger partial charge in [0.25, 0.3) is 0 Å². The van der Waals surface area contributed by atoms with Gasteiger partial charge in [-0.25, -0.2) is 4.79 Å². The number of hydrogen-bond acceptors (Lipinski definition) is 4. The summed E-state index contributed by atoms with van der Waals surface area (Å²) in [7, 11) is 3.30. The van der Waals surface area contributed by atoms with Crippen molar-refractivity contribution >= 4 is 17.4 Å². The summed E-state index contributed by atoms with van der Waals surface area (Å²) in [6, 6.07) is 3.04. The van der Waals surface area contributed by atoms with Crippen LogP contribution in [0.2, 0.25) is 0 Å². The van der Waals surface area contributed by atoms with E-state index >= 15 is 0 Å². The van der Waals surface area contributed by atoms with Gasteiger partial charge in [-0.3, -0.25) is 0 Å². The number of amides is 2. The van der Waals surface area contributed by atoms with Gasteiger partial charge in [0.1, 0.15) is 0 Å². The van der Waals surface area contributed by atoms with E-state index in [2.05, 4.69) is 5.32 Å². The van der Waals surface area contributed by atoms with Crippen LogP contribution in [0.4, 0.5) is 16.2 Å². The second-order valence-electron chi connectivity index (χ2n) is 3.62. The molecular weight excluding hydrogens is 210 g/mol.